The molecule has 0 aliphatic carbocycles. The Balaban J connectivity index is 2.02. The van der Waals surface area contributed by atoms with Crippen molar-refractivity contribution in [3.63, 3.8) is 0 Å². The van der Waals surface area contributed by atoms with Crippen LogP contribution in [-0.2, 0) is 4.74 Å². The fourth-order valence-corrected chi connectivity index (χ4v) is 3.16. The van der Waals surface area contributed by atoms with Gasteiger partial charge >= 0.3 is 0 Å². The van der Waals surface area contributed by atoms with Gasteiger partial charge in [-0.05, 0) is 27.7 Å². The molecule has 4 nitrogen and oxygen atoms in total. The number of aliphatic hydroxyl groups is 1. The summed E-state index contributed by atoms with van der Waals surface area (Å²) in [7, 11) is 0. The smallest absolute Gasteiger partial charge is 0.0976 e. The van der Waals surface area contributed by atoms with Gasteiger partial charge in [-0.1, -0.05) is 0 Å². The van der Waals surface area contributed by atoms with E-state index in [1.807, 2.05) is 0 Å². The van der Waals surface area contributed by atoms with Gasteiger partial charge in [0, 0.05) is 31.7 Å². The highest BCUT2D eigenvalue weighted by Gasteiger charge is 2.45. The Kier molecular flexibility index (Phi) is 3.78. The number of hydrogen-bond donors (Lipinski definition) is 1. The van der Waals surface area contributed by atoms with Gasteiger partial charge in [0.1, 0.15) is 0 Å². The Morgan fingerprint density at radius 1 is 1.35 bits per heavy atom. The van der Waals surface area contributed by atoms with E-state index in [1.54, 1.807) is 0 Å². The van der Waals surface area contributed by atoms with Gasteiger partial charge < -0.3 is 9.84 Å². The maximum absolute atomic E-state index is 10.1. The first-order valence-electron chi connectivity index (χ1n) is 6.72. The average Bonchev–Trinajstić information content (AvgIpc) is 2.60. The van der Waals surface area contributed by atoms with Crippen LogP contribution in [-0.4, -0.2) is 71.5 Å². The molecule has 2 aliphatic heterocycles. The van der Waals surface area contributed by atoms with Crippen LogP contribution >= 0.6 is 0 Å². The van der Waals surface area contributed by atoms with Gasteiger partial charge in [0.05, 0.1) is 24.9 Å². The number of nitrogens with zero attached hydrogens (tertiary/aromatic N) is 2. The maximum Gasteiger partial charge on any atom is 0.0976 e. The summed E-state index contributed by atoms with van der Waals surface area (Å²) in [5.41, 5.74) is -0.183. The third kappa shape index (κ3) is 2.36. The number of piperazine rings is 1. The minimum atomic E-state index is -0.347. The third-order valence-electron chi connectivity index (χ3n) is 4.45. The van der Waals surface area contributed by atoms with Crippen molar-refractivity contribution in [1.82, 2.24) is 9.80 Å². The maximum atomic E-state index is 10.1. The Hall–Kier alpha value is -0.160. The van der Waals surface area contributed by atoms with E-state index >= 15 is 0 Å². The van der Waals surface area contributed by atoms with Crippen LogP contribution in [0.2, 0.25) is 0 Å². The molecule has 2 fully saturated rings. The summed E-state index contributed by atoms with van der Waals surface area (Å²) in [6.45, 7) is 13.2. The highest BCUT2D eigenvalue weighted by molar-refractivity contribution is 5.00. The van der Waals surface area contributed by atoms with E-state index in [0.29, 0.717) is 25.3 Å². The quantitative estimate of drug-likeness (QED) is 0.767. The summed E-state index contributed by atoms with van der Waals surface area (Å²) in [6.07, 6.45) is -0.347. The summed E-state index contributed by atoms with van der Waals surface area (Å²) in [5.74, 6) is 0. The third-order valence-corrected chi connectivity index (χ3v) is 4.45. The van der Waals surface area contributed by atoms with Gasteiger partial charge in [0.25, 0.3) is 0 Å². The number of ether oxygens (including phenoxy) is 1. The molecule has 0 radical (unpaired) electrons. The fraction of sp³-hybridized carbons (Fsp3) is 1.00. The second kappa shape index (κ2) is 4.84. The first-order chi connectivity index (χ1) is 7.95. The first kappa shape index (κ1) is 13.3. The normalized spacial score (nSPS) is 41.3. The molecule has 0 aromatic carbocycles. The average molecular weight is 242 g/mol. The van der Waals surface area contributed by atoms with Crippen LogP contribution in [0.3, 0.4) is 0 Å². The molecule has 100 valence electrons. The van der Waals surface area contributed by atoms with Crippen molar-refractivity contribution >= 4 is 0 Å². The predicted molar refractivity (Wildman–Crippen MR) is 68.1 cm³/mol. The summed E-state index contributed by atoms with van der Waals surface area (Å²) in [4.78, 5) is 4.94. The fourth-order valence-electron chi connectivity index (χ4n) is 3.16. The minimum Gasteiger partial charge on any atom is -0.389 e. The van der Waals surface area contributed by atoms with Gasteiger partial charge in [0.2, 0.25) is 0 Å². The molecule has 0 bridgehead atoms. The molecule has 1 N–H and O–H groups in total. The Morgan fingerprint density at radius 2 is 2.06 bits per heavy atom. The Labute approximate surface area is 105 Å². The lowest BCUT2D eigenvalue weighted by Crippen LogP contribution is -2.63. The van der Waals surface area contributed by atoms with Crippen molar-refractivity contribution in [1.29, 1.82) is 0 Å². The molecule has 3 atom stereocenters. The molecule has 2 rings (SSSR count). The molecule has 0 saturated carbocycles. The molecule has 0 spiro atoms. The van der Waals surface area contributed by atoms with E-state index in [9.17, 15) is 5.11 Å². The molecule has 4 heteroatoms. The van der Waals surface area contributed by atoms with Gasteiger partial charge in [-0.2, -0.15) is 0 Å². The monoisotopic (exact) mass is 242 g/mol. The molecule has 0 aromatic heterocycles. The lowest BCUT2D eigenvalue weighted by atomic mass is 9.94. The highest BCUT2D eigenvalue weighted by atomic mass is 16.5. The Bertz CT molecular complexity index is 272. The lowest BCUT2D eigenvalue weighted by Gasteiger charge is -2.48. The molecule has 0 amide bonds. The van der Waals surface area contributed by atoms with Crippen molar-refractivity contribution in [2.45, 2.75) is 51.4 Å². The molecule has 17 heavy (non-hydrogen) atoms. The molecule has 0 aromatic rings. The van der Waals surface area contributed by atoms with E-state index in [4.69, 9.17) is 4.74 Å². The summed E-state index contributed by atoms with van der Waals surface area (Å²) in [5, 5.41) is 10.1. The second-order valence-electron chi connectivity index (χ2n) is 6.01. The van der Waals surface area contributed by atoms with Crippen LogP contribution in [0.25, 0.3) is 0 Å². The Morgan fingerprint density at radius 3 is 2.53 bits per heavy atom. The highest BCUT2D eigenvalue weighted by Crippen LogP contribution is 2.29. The molecule has 2 aliphatic rings. The predicted octanol–water partition coefficient (Wildman–Crippen LogP) is 0.551. The zero-order valence-electron chi connectivity index (χ0n) is 11.5. The largest absolute Gasteiger partial charge is 0.389 e. The van der Waals surface area contributed by atoms with Crippen LogP contribution < -0.4 is 0 Å². The van der Waals surface area contributed by atoms with E-state index in [2.05, 4.69) is 37.5 Å². The van der Waals surface area contributed by atoms with Crippen molar-refractivity contribution in [3.8, 4) is 0 Å². The molecular formula is C13H26N2O2. The zero-order chi connectivity index (χ0) is 12.6. The number of rotatable bonds is 2. The van der Waals surface area contributed by atoms with E-state index in [-0.39, 0.29) is 11.6 Å². The first-order valence-corrected chi connectivity index (χ1v) is 6.72. The van der Waals surface area contributed by atoms with Crippen LogP contribution in [0.4, 0.5) is 0 Å². The summed E-state index contributed by atoms with van der Waals surface area (Å²) >= 11 is 0. The van der Waals surface area contributed by atoms with E-state index in [1.165, 1.54) is 0 Å². The van der Waals surface area contributed by atoms with Crippen molar-refractivity contribution < 1.29 is 9.84 Å². The minimum absolute atomic E-state index is 0.183. The van der Waals surface area contributed by atoms with E-state index in [0.717, 1.165) is 19.6 Å². The van der Waals surface area contributed by atoms with E-state index < -0.39 is 0 Å². The SMILES string of the molecule is CC(C)N1CCN([C@@]2(C)COC[C@H]2O)C[C@H]1C. The summed E-state index contributed by atoms with van der Waals surface area (Å²) < 4.78 is 5.43. The van der Waals surface area contributed by atoms with Crippen molar-refractivity contribution in [3.05, 3.63) is 0 Å². The van der Waals surface area contributed by atoms with Crippen LogP contribution in [0.15, 0.2) is 0 Å². The zero-order valence-corrected chi connectivity index (χ0v) is 11.5. The molecule has 2 saturated heterocycles. The number of aliphatic hydroxyl groups excluding tert-OH is 1. The lowest BCUT2D eigenvalue weighted by molar-refractivity contribution is -0.0402. The molecule has 2 heterocycles. The van der Waals surface area contributed by atoms with Crippen LogP contribution in [0, 0.1) is 0 Å². The van der Waals surface area contributed by atoms with Gasteiger partial charge in [0.15, 0.2) is 0 Å². The number of hydrogen-bond acceptors (Lipinski definition) is 4. The van der Waals surface area contributed by atoms with Gasteiger partial charge in [-0.15, -0.1) is 0 Å². The van der Waals surface area contributed by atoms with Gasteiger partial charge in [-0.25, -0.2) is 0 Å². The topological polar surface area (TPSA) is 35.9 Å². The summed E-state index contributed by atoms with van der Waals surface area (Å²) in [6, 6.07) is 1.15. The van der Waals surface area contributed by atoms with Gasteiger partial charge in [-0.3, -0.25) is 9.80 Å². The van der Waals surface area contributed by atoms with Crippen molar-refractivity contribution in [2.24, 2.45) is 0 Å². The van der Waals surface area contributed by atoms with Crippen molar-refractivity contribution in [2.75, 3.05) is 32.8 Å². The molecular weight excluding hydrogens is 216 g/mol. The molecule has 0 unspecified atom stereocenters. The standard InChI is InChI=1S/C13H26N2O2/c1-10(2)15-6-5-14(7-11(15)3)13(4)9-17-8-12(13)16/h10-12,16H,5-9H2,1-4H3/t11-,12-,13+/m1/s1. The second-order valence-corrected chi connectivity index (χ2v) is 6.01. The van der Waals surface area contributed by atoms with Crippen LogP contribution in [0.1, 0.15) is 27.7 Å². The van der Waals surface area contributed by atoms with Crippen LogP contribution in [0.5, 0.6) is 0 Å².